The van der Waals surface area contributed by atoms with E-state index in [0.717, 1.165) is 32.3 Å². The van der Waals surface area contributed by atoms with E-state index in [-0.39, 0.29) is 11.4 Å². The predicted octanol–water partition coefficient (Wildman–Crippen LogP) is 1.75. The normalized spacial score (nSPS) is 41.0. The molecule has 1 heterocycles. The lowest BCUT2D eigenvalue weighted by Gasteiger charge is -2.25. The van der Waals surface area contributed by atoms with Crippen LogP contribution in [0.4, 0.5) is 0 Å². The number of rotatable bonds is 3. The van der Waals surface area contributed by atoms with Gasteiger partial charge in [0.1, 0.15) is 0 Å². The number of esters is 1. The number of methoxy groups -OCH3 is 1. The molecule has 0 bridgehead atoms. The van der Waals surface area contributed by atoms with Crippen molar-refractivity contribution >= 4 is 5.97 Å². The summed E-state index contributed by atoms with van der Waals surface area (Å²) in [5, 5.41) is 0. The topological polar surface area (TPSA) is 38.8 Å². The van der Waals surface area contributed by atoms with Crippen molar-refractivity contribution in [2.24, 2.45) is 11.3 Å². The van der Waals surface area contributed by atoms with Gasteiger partial charge in [-0.2, -0.15) is 0 Å². The molecule has 0 N–H and O–H groups in total. The van der Waals surface area contributed by atoms with Gasteiger partial charge in [-0.1, -0.05) is 6.92 Å². The van der Waals surface area contributed by atoms with Gasteiger partial charge in [0.2, 0.25) is 0 Å². The van der Waals surface area contributed by atoms with Gasteiger partial charge in [0.15, 0.2) is 0 Å². The zero-order valence-electron chi connectivity index (χ0n) is 8.91. The molecule has 0 aromatic rings. The lowest BCUT2D eigenvalue weighted by Crippen LogP contribution is -2.31. The number of carbonyl (C=O) groups excluding carboxylic acids is 1. The van der Waals surface area contributed by atoms with E-state index in [0.29, 0.717) is 12.0 Å². The van der Waals surface area contributed by atoms with Crippen molar-refractivity contribution in [3.8, 4) is 0 Å². The number of hydrogen-bond acceptors (Lipinski definition) is 3. The fourth-order valence-corrected chi connectivity index (χ4v) is 2.69. The Labute approximate surface area is 84.8 Å². The van der Waals surface area contributed by atoms with Gasteiger partial charge < -0.3 is 9.47 Å². The van der Waals surface area contributed by atoms with Gasteiger partial charge in [0, 0.05) is 0 Å². The molecule has 0 aromatic heterocycles. The van der Waals surface area contributed by atoms with Crippen LogP contribution in [0.3, 0.4) is 0 Å². The van der Waals surface area contributed by atoms with Crippen molar-refractivity contribution in [3.63, 3.8) is 0 Å². The molecule has 80 valence electrons. The molecule has 0 radical (unpaired) electrons. The average molecular weight is 198 g/mol. The summed E-state index contributed by atoms with van der Waals surface area (Å²) in [7, 11) is 1.49. The van der Waals surface area contributed by atoms with E-state index >= 15 is 0 Å². The maximum absolute atomic E-state index is 11.8. The maximum Gasteiger partial charge on any atom is 0.311 e. The minimum Gasteiger partial charge on any atom is -0.469 e. The van der Waals surface area contributed by atoms with Crippen LogP contribution in [-0.2, 0) is 14.3 Å². The quantitative estimate of drug-likeness (QED) is 0.512. The van der Waals surface area contributed by atoms with Crippen molar-refractivity contribution in [1.29, 1.82) is 0 Å². The number of epoxide rings is 1. The molecule has 14 heavy (non-hydrogen) atoms. The summed E-state index contributed by atoms with van der Waals surface area (Å²) in [4.78, 5) is 11.8. The lowest BCUT2D eigenvalue weighted by molar-refractivity contribution is -0.153. The molecule has 3 nitrogen and oxygen atoms in total. The summed E-state index contributed by atoms with van der Waals surface area (Å²) < 4.78 is 10.1. The Kier molecular flexibility index (Phi) is 2.52. The van der Waals surface area contributed by atoms with Crippen molar-refractivity contribution in [1.82, 2.24) is 0 Å². The summed E-state index contributed by atoms with van der Waals surface area (Å²) in [6.07, 6.45) is 4.27. The molecule has 1 aliphatic heterocycles. The fourth-order valence-electron chi connectivity index (χ4n) is 2.69. The lowest BCUT2D eigenvalue weighted by atomic mass is 9.81. The van der Waals surface area contributed by atoms with Gasteiger partial charge in [-0.05, 0) is 31.6 Å². The highest BCUT2D eigenvalue weighted by molar-refractivity contribution is 5.77. The fraction of sp³-hybridized carbons (Fsp3) is 0.909. The van der Waals surface area contributed by atoms with Gasteiger partial charge in [-0.15, -0.1) is 0 Å². The molecule has 3 heteroatoms. The minimum atomic E-state index is -0.227. The molecule has 3 unspecified atom stereocenters. The third-order valence-electron chi connectivity index (χ3n) is 3.49. The summed E-state index contributed by atoms with van der Waals surface area (Å²) >= 11 is 0. The Morgan fingerprint density at radius 1 is 1.64 bits per heavy atom. The van der Waals surface area contributed by atoms with Crippen molar-refractivity contribution in [3.05, 3.63) is 0 Å². The third-order valence-corrected chi connectivity index (χ3v) is 3.49. The Morgan fingerprint density at radius 3 is 2.79 bits per heavy atom. The van der Waals surface area contributed by atoms with E-state index in [2.05, 4.69) is 6.92 Å². The summed E-state index contributed by atoms with van der Waals surface area (Å²) in [6, 6.07) is 0. The largest absolute Gasteiger partial charge is 0.469 e. The summed E-state index contributed by atoms with van der Waals surface area (Å²) in [5.41, 5.74) is -0.227. The van der Waals surface area contributed by atoms with Crippen molar-refractivity contribution in [2.75, 3.05) is 13.7 Å². The van der Waals surface area contributed by atoms with E-state index in [1.165, 1.54) is 7.11 Å². The number of hydrogen-bond donors (Lipinski definition) is 0. The molecule has 0 aromatic carbocycles. The third kappa shape index (κ3) is 1.78. The molecule has 2 fully saturated rings. The van der Waals surface area contributed by atoms with Crippen LogP contribution in [0, 0.1) is 11.3 Å². The van der Waals surface area contributed by atoms with Gasteiger partial charge in [0.25, 0.3) is 0 Å². The first-order valence-corrected chi connectivity index (χ1v) is 5.36. The molecular weight excluding hydrogens is 180 g/mol. The Bertz CT molecular complexity index is 235. The van der Waals surface area contributed by atoms with Crippen LogP contribution in [0.15, 0.2) is 0 Å². The molecule has 1 saturated heterocycles. The zero-order chi connectivity index (χ0) is 10.2. The van der Waals surface area contributed by atoms with Crippen molar-refractivity contribution < 1.29 is 14.3 Å². The highest BCUT2D eigenvalue weighted by Crippen LogP contribution is 2.47. The second-order valence-electron chi connectivity index (χ2n) is 4.78. The second-order valence-corrected chi connectivity index (χ2v) is 4.78. The predicted molar refractivity (Wildman–Crippen MR) is 51.8 cm³/mol. The van der Waals surface area contributed by atoms with Crippen LogP contribution in [0.1, 0.15) is 32.6 Å². The summed E-state index contributed by atoms with van der Waals surface area (Å²) in [6.45, 7) is 3.03. The van der Waals surface area contributed by atoms with E-state index in [9.17, 15) is 4.79 Å². The van der Waals surface area contributed by atoms with Crippen LogP contribution < -0.4 is 0 Å². The zero-order valence-corrected chi connectivity index (χ0v) is 8.91. The first kappa shape index (κ1) is 9.97. The standard InChI is InChI=1S/C11H18O3/c1-8-3-4-11(5-8,10(12)13-2)6-9-7-14-9/h8-9H,3-7H2,1-2H3. The van der Waals surface area contributed by atoms with E-state index < -0.39 is 0 Å². The van der Waals surface area contributed by atoms with Crippen molar-refractivity contribution in [2.45, 2.75) is 38.7 Å². The average Bonchev–Trinajstić information content (AvgIpc) is 2.89. The Balaban J connectivity index is 2.06. The number of ether oxygens (including phenoxy) is 2. The SMILES string of the molecule is COC(=O)C1(CC2CO2)CCC(C)C1. The van der Waals surface area contributed by atoms with E-state index in [1.807, 2.05) is 0 Å². The highest BCUT2D eigenvalue weighted by Gasteiger charge is 2.48. The van der Waals surface area contributed by atoms with Gasteiger partial charge in [-0.25, -0.2) is 0 Å². The molecule has 1 saturated carbocycles. The van der Waals surface area contributed by atoms with Crippen LogP contribution >= 0.6 is 0 Å². The van der Waals surface area contributed by atoms with E-state index in [1.54, 1.807) is 0 Å². The van der Waals surface area contributed by atoms with Gasteiger partial charge >= 0.3 is 5.97 Å². The monoisotopic (exact) mass is 198 g/mol. The highest BCUT2D eigenvalue weighted by atomic mass is 16.6. The molecule has 2 aliphatic rings. The second kappa shape index (κ2) is 3.54. The first-order valence-electron chi connectivity index (χ1n) is 5.36. The summed E-state index contributed by atoms with van der Waals surface area (Å²) in [5.74, 6) is 0.616. The molecule has 1 aliphatic carbocycles. The molecular formula is C11H18O3. The molecule has 3 atom stereocenters. The molecule has 0 amide bonds. The maximum atomic E-state index is 11.8. The van der Waals surface area contributed by atoms with Crippen LogP contribution in [0.5, 0.6) is 0 Å². The Morgan fingerprint density at radius 2 is 2.36 bits per heavy atom. The van der Waals surface area contributed by atoms with Gasteiger partial charge in [0.05, 0.1) is 25.2 Å². The van der Waals surface area contributed by atoms with E-state index in [4.69, 9.17) is 9.47 Å². The minimum absolute atomic E-state index is 0.0302. The molecule has 2 rings (SSSR count). The molecule has 0 spiro atoms. The van der Waals surface area contributed by atoms with Crippen LogP contribution in [0.25, 0.3) is 0 Å². The van der Waals surface area contributed by atoms with Crippen LogP contribution in [-0.4, -0.2) is 25.8 Å². The first-order chi connectivity index (χ1) is 6.66. The van der Waals surface area contributed by atoms with Crippen LogP contribution in [0.2, 0.25) is 0 Å². The Hall–Kier alpha value is -0.570. The van der Waals surface area contributed by atoms with Gasteiger partial charge in [-0.3, -0.25) is 4.79 Å². The number of carbonyl (C=O) groups is 1. The smallest absolute Gasteiger partial charge is 0.311 e.